The minimum atomic E-state index is -0.910. The predicted molar refractivity (Wildman–Crippen MR) is 94.5 cm³/mol. The maximum absolute atomic E-state index is 12.4. The van der Waals surface area contributed by atoms with Gasteiger partial charge in [0.15, 0.2) is 6.10 Å². The molecule has 3 rings (SSSR count). The number of carbonyl (C=O) groups is 2. The summed E-state index contributed by atoms with van der Waals surface area (Å²) in [4.78, 5) is 32.8. The number of rotatable bonds is 4. The van der Waals surface area contributed by atoms with Crippen molar-refractivity contribution in [3.05, 3.63) is 23.8 Å². The summed E-state index contributed by atoms with van der Waals surface area (Å²) in [6.07, 6.45) is 3.92. The molecule has 0 aromatic carbocycles. The number of amides is 1. The number of ether oxygens (including phenoxy) is 1. The van der Waals surface area contributed by atoms with Crippen molar-refractivity contribution in [2.24, 2.45) is 11.8 Å². The Morgan fingerprint density at radius 3 is 2.85 bits per heavy atom. The summed E-state index contributed by atoms with van der Waals surface area (Å²) >= 11 is 0. The van der Waals surface area contributed by atoms with E-state index in [0.29, 0.717) is 17.6 Å². The van der Waals surface area contributed by atoms with Gasteiger partial charge in [-0.05, 0) is 38.2 Å². The molecule has 1 aliphatic carbocycles. The van der Waals surface area contributed by atoms with Gasteiger partial charge in [0.2, 0.25) is 0 Å². The van der Waals surface area contributed by atoms with Crippen LogP contribution in [0.15, 0.2) is 12.3 Å². The quantitative estimate of drug-likeness (QED) is 0.838. The molecule has 1 fully saturated rings. The number of fused-ring (bicyclic) bond motifs is 1. The Bertz CT molecular complexity index is 818. The number of esters is 1. The highest BCUT2D eigenvalue weighted by atomic mass is 16.5. The van der Waals surface area contributed by atoms with Crippen molar-refractivity contribution in [3.63, 3.8) is 0 Å². The second-order valence-corrected chi connectivity index (χ2v) is 7.16. The van der Waals surface area contributed by atoms with Crippen LogP contribution >= 0.6 is 0 Å². The highest BCUT2D eigenvalue weighted by Crippen LogP contribution is 2.29. The Morgan fingerprint density at radius 2 is 2.12 bits per heavy atom. The second kappa shape index (κ2) is 7.39. The molecule has 2 aromatic heterocycles. The van der Waals surface area contributed by atoms with Gasteiger partial charge in [0.25, 0.3) is 17.5 Å². The molecule has 0 bridgehead atoms. The van der Waals surface area contributed by atoms with Crippen LogP contribution in [0.2, 0.25) is 0 Å². The van der Waals surface area contributed by atoms with Gasteiger partial charge >= 0.3 is 5.97 Å². The lowest BCUT2D eigenvalue weighted by molar-refractivity contribution is -0.130. The number of nitrogens with one attached hydrogen (secondary N) is 1. The minimum absolute atomic E-state index is 0.105. The van der Waals surface area contributed by atoms with Gasteiger partial charge in [-0.2, -0.15) is 4.98 Å². The van der Waals surface area contributed by atoms with Crippen molar-refractivity contribution in [2.75, 3.05) is 0 Å². The summed E-state index contributed by atoms with van der Waals surface area (Å²) in [5, 5.41) is 7.12. The monoisotopic (exact) mass is 359 g/mol. The van der Waals surface area contributed by atoms with Gasteiger partial charge in [-0.1, -0.05) is 26.7 Å². The van der Waals surface area contributed by atoms with E-state index in [-0.39, 0.29) is 17.8 Å². The predicted octanol–water partition coefficient (Wildman–Crippen LogP) is 1.92. The number of carbonyl (C=O) groups excluding carboxylic acids is 2. The van der Waals surface area contributed by atoms with Crippen LogP contribution in [0.3, 0.4) is 0 Å². The van der Waals surface area contributed by atoms with E-state index in [0.717, 1.165) is 18.5 Å². The topological polar surface area (TPSA) is 98.5 Å². The summed E-state index contributed by atoms with van der Waals surface area (Å²) in [6, 6.07) is 1.88. The van der Waals surface area contributed by atoms with Crippen LogP contribution in [0, 0.1) is 18.8 Å². The van der Waals surface area contributed by atoms with Crippen LogP contribution in [-0.4, -0.2) is 43.6 Å². The van der Waals surface area contributed by atoms with Crippen LogP contribution in [0.1, 0.15) is 56.3 Å². The molecule has 4 atom stereocenters. The summed E-state index contributed by atoms with van der Waals surface area (Å²) in [7, 11) is 0. The number of hydrogen-bond acceptors (Lipinski definition) is 6. The normalized spacial score (nSPS) is 24.2. The first kappa shape index (κ1) is 18.3. The summed E-state index contributed by atoms with van der Waals surface area (Å²) < 4.78 is 6.72. The van der Waals surface area contributed by atoms with E-state index < -0.39 is 12.1 Å². The van der Waals surface area contributed by atoms with Gasteiger partial charge in [0.05, 0.1) is 0 Å². The maximum atomic E-state index is 12.4. The van der Waals surface area contributed by atoms with Crippen LogP contribution in [-0.2, 0) is 9.53 Å². The molecule has 0 aliphatic heterocycles. The van der Waals surface area contributed by atoms with Crippen molar-refractivity contribution in [1.29, 1.82) is 0 Å². The molecule has 8 heteroatoms. The first-order valence-corrected chi connectivity index (χ1v) is 9.06. The van der Waals surface area contributed by atoms with Gasteiger partial charge < -0.3 is 10.1 Å². The van der Waals surface area contributed by atoms with Crippen LogP contribution < -0.4 is 5.32 Å². The van der Waals surface area contributed by atoms with Gasteiger partial charge in [0, 0.05) is 17.9 Å². The number of aryl methyl sites for hydroxylation is 1. The number of nitrogens with zero attached hydrogens (tertiary/aromatic N) is 4. The fraction of sp³-hybridized carbons (Fsp3) is 0.611. The second-order valence-electron chi connectivity index (χ2n) is 7.16. The zero-order valence-electron chi connectivity index (χ0n) is 15.6. The molecule has 1 aliphatic rings. The third-order valence-electron chi connectivity index (χ3n) is 5.30. The summed E-state index contributed by atoms with van der Waals surface area (Å²) in [5.41, 5.74) is 0.799. The molecule has 140 valence electrons. The van der Waals surface area contributed by atoms with Crippen molar-refractivity contribution in [2.45, 2.75) is 59.1 Å². The van der Waals surface area contributed by atoms with E-state index in [2.05, 4.69) is 34.2 Å². The van der Waals surface area contributed by atoms with Crippen LogP contribution in [0.4, 0.5) is 0 Å². The number of aromatic nitrogens is 4. The molecule has 0 radical (unpaired) electrons. The van der Waals surface area contributed by atoms with E-state index in [1.807, 2.05) is 6.92 Å². The zero-order chi connectivity index (χ0) is 18.8. The molecule has 0 spiro atoms. The lowest BCUT2D eigenvalue weighted by Crippen LogP contribution is -2.47. The van der Waals surface area contributed by atoms with Gasteiger partial charge in [0.1, 0.15) is 0 Å². The fourth-order valence-electron chi connectivity index (χ4n) is 3.35. The highest BCUT2D eigenvalue weighted by Gasteiger charge is 2.30. The minimum Gasteiger partial charge on any atom is -0.447 e. The molecule has 8 nitrogen and oxygen atoms in total. The lowest BCUT2D eigenvalue weighted by Gasteiger charge is -2.35. The van der Waals surface area contributed by atoms with Crippen LogP contribution in [0.25, 0.3) is 5.78 Å². The Hall–Kier alpha value is -2.51. The van der Waals surface area contributed by atoms with Crippen LogP contribution in [0.5, 0.6) is 0 Å². The van der Waals surface area contributed by atoms with Crippen molar-refractivity contribution >= 4 is 17.7 Å². The van der Waals surface area contributed by atoms with E-state index in [1.165, 1.54) is 10.9 Å². The molecular weight excluding hydrogens is 334 g/mol. The molecule has 1 amide bonds. The Kier molecular flexibility index (Phi) is 5.20. The Morgan fingerprint density at radius 1 is 1.35 bits per heavy atom. The Balaban J connectivity index is 1.62. The SMILES string of the molecule is Cc1ccnc2nc(C(=O)O[C@H](C)C(=O)N[C@@H]3CCC[C@H](C)[C@@H]3C)nn12. The highest BCUT2D eigenvalue weighted by molar-refractivity contribution is 5.89. The Labute approximate surface area is 152 Å². The summed E-state index contributed by atoms with van der Waals surface area (Å²) in [6.45, 7) is 7.75. The van der Waals surface area contributed by atoms with Crippen molar-refractivity contribution in [3.8, 4) is 0 Å². The third kappa shape index (κ3) is 3.68. The lowest BCUT2D eigenvalue weighted by atomic mass is 9.78. The van der Waals surface area contributed by atoms with Gasteiger partial charge in [-0.15, -0.1) is 5.10 Å². The van der Waals surface area contributed by atoms with E-state index >= 15 is 0 Å². The number of hydrogen-bond donors (Lipinski definition) is 1. The molecule has 1 saturated carbocycles. The molecule has 26 heavy (non-hydrogen) atoms. The van der Waals surface area contributed by atoms with E-state index in [4.69, 9.17) is 4.74 Å². The molecule has 1 N–H and O–H groups in total. The molecule has 2 aromatic rings. The van der Waals surface area contributed by atoms with Gasteiger partial charge in [-0.3, -0.25) is 4.79 Å². The van der Waals surface area contributed by atoms with E-state index in [9.17, 15) is 9.59 Å². The molecular formula is C18H25N5O3. The first-order chi connectivity index (χ1) is 12.4. The zero-order valence-corrected chi connectivity index (χ0v) is 15.6. The standard InChI is InChI=1S/C18H25N5O3/c1-10-6-5-7-14(12(10)3)20-16(24)13(4)26-17(25)15-21-18-19-9-8-11(2)23(18)22-15/h8-10,12-14H,5-7H2,1-4H3,(H,20,24)/t10-,12-,13+,14+/m0/s1. The average Bonchev–Trinajstić information content (AvgIpc) is 3.04. The maximum Gasteiger partial charge on any atom is 0.379 e. The molecule has 0 saturated heterocycles. The third-order valence-corrected chi connectivity index (χ3v) is 5.30. The van der Waals surface area contributed by atoms with Crippen molar-refractivity contribution < 1.29 is 14.3 Å². The smallest absolute Gasteiger partial charge is 0.379 e. The largest absolute Gasteiger partial charge is 0.447 e. The first-order valence-electron chi connectivity index (χ1n) is 9.06. The fourth-order valence-corrected chi connectivity index (χ4v) is 3.35. The van der Waals surface area contributed by atoms with Gasteiger partial charge in [-0.25, -0.2) is 14.3 Å². The summed E-state index contributed by atoms with van der Waals surface area (Å²) in [5.74, 6) is 0.171. The molecule has 2 heterocycles. The van der Waals surface area contributed by atoms with Crippen molar-refractivity contribution in [1.82, 2.24) is 24.9 Å². The molecule has 0 unspecified atom stereocenters. The average molecular weight is 359 g/mol. The van der Waals surface area contributed by atoms with E-state index in [1.54, 1.807) is 19.2 Å².